The van der Waals surface area contributed by atoms with Crippen LogP contribution in [0.5, 0.6) is 0 Å². The fraction of sp³-hybridized carbons (Fsp3) is 0.100. The molecule has 1 heterocycles. The van der Waals surface area contributed by atoms with E-state index in [-0.39, 0.29) is 11.1 Å². The number of fused-ring (bicyclic) bond motifs is 3. The van der Waals surface area contributed by atoms with E-state index in [4.69, 9.17) is 15.3 Å². The van der Waals surface area contributed by atoms with Gasteiger partial charge in [-0.25, -0.2) is 4.79 Å². The first-order valence-corrected chi connectivity index (χ1v) is 7.61. The molecule has 6 nitrogen and oxygen atoms in total. The van der Waals surface area contributed by atoms with E-state index in [2.05, 4.69) is 0 Å². The summed E-state index contributed by atoms with van der Waals surface area (Å²) in [4.78, 5) is 11.8. The SMILES string of the molecule is COC(=O)c1ccc2c3cc(C(C#N)=C(C#N)C#N)ccc3n(C)c2c1. The zero-order chi connectivity index (χ0) is 18.8. The van der Waals surface area contributed by atoms with Crippen molar-refractivity contribution >= 4 is 33.3 Å². The summed E-state index contributed by atoms with van der Waals surface area (Å²) in [6.45, 7) is 0. The molecule has 0 aliphatic heterocycles. The Hall–Kier alpha value is -4.08. The number of nitrogens with zero attached hydrogens (tertiary/aromatic N) is 4. The van der Waals surface area contributed by atoms with Crippen LogP contribution in [-0.4, -0.2) is 17.6 Å². The second-order valence-electron chi connectivity index (χ2n) is 5.60. The third-order valence-electron chi connectivity index (χ3n) is 4.30. The highest BCUT2D eigenvalue weighted by Crippen LogP contribution is 2.32. The molecule has 0 aliphatic carbocycles. The molecule has 124 valence electrons. The van der Waals surface area contributed by atoms with E-state index in [1.807, 2.05) is 29.8 Å². The molecule has 2 aromatic carbocycles. The number of rotatable bonds is 2. The average molecular weight is 340 g/mol. The largest absolute Gasteiger partial charge is 0.465 e. The average Bonchev–Trinajstić information content (AvgIpc) is 2.96. The summed E-state index contributed by atoms with van der Waals surface area (Å²) < 4.78 is 6.70. The number of aromatic nitrogens is 1. The van der Waals surface area contributed by atoms with Gasteiger partial charge in [0.25, 0.3) is 0 Å². The Morgan fingerprint density at radius 3 is 2.23 bits per heavy atom. The van der Waals surface area contributed by atoms with Crippen molar-refractivity contribution in [3.63, 3.8) is 0 Å². The standard InChI is InChI=1S/C20H12N4O2/c1-24-18-6-4-12(17(11-23)14(9-21)10-22)7-16(18)15-5-3-13(8-19(15)24)20(25)26-2/h3-8H,1-2H3. The monoisotopic (exact) mass is 340 g/mol. The van der Waals surface area contributed by atoms with Gasteiger partial charge >= 0.3 is 5.97 Å². The lowest BCUT2D eigenvalue weighted by Crippen LogP contribution is -2.01. The Morgan fingerprint density at radius 2 is 1.62 bits per heavy atom. The van der Waals surface area contributed by atoms with Crippen molar-refractivity contribution in [3.05, 3.63) is 53.1 Å². The smallest absolute Gasteiger partial charge is 0.337 e. The summed E-state index contributed by atoms with van der Waals surface area (Å²) >= 11 is 0. The molecule has 0 atom stereocenters. The molecule has 0 spiro atoms. The first-order chi connectivity index (χ1) is 12.5. The van der Waals surface area contributed by atoms with Crippen LogP contribution in [-0.2, 0) is 11.8 Å². The maximum Gasteiger partial charge on any atom is 0.337 e. The number of methoxy groups -OCH3 is 1. The van der Waals surface area contributed by atoms with Gasteiger partial charge in [-0.1, -0.05) is 12.1 Å². The normalized spacial score (nSPS) is 9.96. The van der Waals surface area contributed by atoms with Gasteiger partial charge in [0.1, 0.15) is 23.8 Å². The molecule has 0 saturated heterocycles. The number of carbonyl (C=O) groups excluding carboxylic acids is 1. The second kappa shape index (κ2) is 6.43. The van der Waals surface area contributed by atoms with Crippen LogP contribution in [0.3, 0.4) is 0 Å². The Morgan fingerprint density at radius 1 is 0.923 bits per heavy atom. The number of carbonyl (C=O) groups is 1. The van der Waals surface area contributed by atoms with Crippen LogP contribution in [0.1, 0.15) is 15.9 Å². The molecule has 0 N–H and O–H groups in total. The van der Waals surface area contributed by atoms with Crippen LogP contribution in [0, 0.1) is 34.0 Å². The molecular weight excluding hydrogens is 328 g/mol. The third-order valence-corrected chi connectivity index (χ3v) is 4.30. The Balaban J connectivity index is 2.32. The fourth-order valence-corrected chi connectivity index (χ4v) is 3.01. The Kier molecular flexibility index (Phi) is 4.15. The van der Waals surface area contributed by atoms with Crippen molar-refractivity contribution in [1.82, 2.24) is 4.57 Å². The summed E-state index contributed by atoms with van der Waals surface area (Å²) in [7, 11) is 3.21. The van der Waals surface area contributed by atoms with Crippen LogP contribution in [0.15, 0.2) is 42.0 Å². The van der Waals surface area contributed by atoms with Crippen molar-refractivity contribution in [1.29, 1.82) is 15.8 Å². The molecule has 0 unspecified atom stereocenters. The number of hydrogen-bond donors (Lipinski definition) is 0. The molecule has 0 fully saturated rings. The Labute approximate surface area is 149 Å². The van der Waals surface area contributed by atoms with Gasteiger partial charge in [-0.3, -0.25) is 0 Å². The number of nitriles is 3. The predicted molar refractivity (Wildman–Crippen MR) is 95.5 cm³/mol. The molecule has 26 heavy (non-hydrogen) atoms. The minimum atomic E-state index is -0.416. The molecule has 0 amide bonds. The van der Waals surface area contributed by atoms with E-state index in [9.17, 15) is 10.1 Å². The summed E-state index contributed by atoms with van der Waals surface area (Å²) in [5.74, 6) is -0.416. The van der Waals surface area contributed by atoms with Crippen LogP contribution >= 0.6 is 0 Å². The van der Waals surface area contributed by atoms with E-state index in [0.717, 1.165) is 21.8 Å². The molecule has 0 aliphatic rings. The van der Waals surface area contributed by atoms with Crippen LogP contribution in [0.4, 0.5) is 0 Å². The number of allylic oxidation sites excluding steroid dienone is 2. The number of benzene rings is 2. The molecule has 1 aromatic heterocycles. The highest BCUT2D eigenvalue weighted by Gasteiger charge is 2.15. The van der Waals surface area contributed by atoms with Gasteiger partial charge in [0.15, 0.2) is 0 Å². The van der Waals surface area contributed by atoms with Crippen molar-refractivity contribution in [2.24, 2.45) is 7.05 Å². The van der Waals surface area contributed by atoms with E-state index >= 15 is 0 Å². The number of aryl methyl sites for hydroxylation is 1. The topological polar surface area (TPSA) is 103 Å². The summed E-state index contributed by atoms with van der Waals surface area (Å²) in [6.07, 6.45) is 0. The van der Waals surface area contributed by atoms with Crippen molar-refractivity contribution in [2.45, 2.75) is 0 Å². The maximum atomic E-state index is 11.8. The van der Waals surface area contributed by atoms with Gasteiger partial charge in [-0.15, -0.1) is 0 Å². The molecule has 0 bridgehead atoms. The summed E-state index contributed by atoms with van der Waals surface area (Å²) in [5, 5.41) is 29.2. The highest BCUT2D eigenvalue weighted by atomic mass is 16.5. The molecule has 0 saturated carbocycles. The highest BCUT2D eigenvalue weighted by molar-refractivity contribution is 6.10. The van der Waals surface area contributed by atoms with E-state index in [1.165, 1.54) is 7.11 Å². The van der Waals surface area contributed by atoms with Gasteiger partial charge < -0.3 is 9.30 Å². The predicted octanol–water partition coefficient (Wildman–Crippen LogP) is 3.44. The number of esters is 1. The van der Waals surface area contributed by atoms with Gasteiger partial charge in [0, 0.05) is 28.9 Å². The maximum absolute atomic E-state index is 11.8. The second-order valence-corrected chi connectivity index (χ2v) is 5.60. The zero-order valence-corrected chi connectivity index (χ0v) is 14.1. The van der Waals surface area contributed by atoms with Gasteiger partial charge in [-0.2, -0.15) is 15.8 Å². The third kappa shape index (κ3) is 2.45. The van der Waals surface area contributed by atoms with E-state index < -0.39 is 5.97 Å². The number of hydrogen-bond acceptors (Lipinski definition) is 5. The molecular formula is C20H12N4O2. The fourth-order valence-electron chi connectivity index (χ4n) is 3.01. The lowest BCUT2D eigenvalue weighted by Gasteiger charge is -2.01. The Bertz CT molecular complexity index is 1210. The minimum absolute atomic E-state index is 0.0417. The van der Waals surface area contributed by atoms with Gasteiger partial charge in [0.05, 0.1) is 18.2 Å². The van der Waals surface area contributed by atoms with Crippen LogP contribution < -0.4 is 0 Å². The van der Waals surface area contributed by atoms with Crippen molar-refractivity contribution < 1.29 is 9.53 Å². The molecule has 3 rings (SSSR count). The first kappa shape index (κ1) is 16.8. The van der Waals surface area contributed by atoms with E-state index in [0.29, 0.717) is 11.1 Å². The number of ether oxygens (including phenoxy) is 1. The molecule has 3 aromatic rings. The van der Waals surface area contributed by atoms with Crippen molar-refractivity contribution in [2.75, 3.05) is 7.11 Å². The lowest BCUT2D eigenvalue weighted by molar-refractivity contribution is 0.0601. The molecule has 6 heteroatoms. The van der Waals surface area contributed by atoms with E-state index in [1.54, 1.807) is 36.4 Å². The van der Waals surface area contributed by atoms with Gasteiger partial charge in [-0.05, 0) is 29.8 Å². The molecule has 0 radical (unpaired) electrons. The summed E-state index contributed by atoms with van der Waals surface area (Å²) in [6, 6.07) is 16.0. The van der Waals surface area contributed by atoms with Crippen LogP contribution in [0.25, 0.3) is 27.4 Å². The summed E-state index contributed by atoms with van der Waals surface area (Å²) in [5.41, 5.74) is 2.50. The zero-order valence-electron chi connectivity index (χ0n) is 14.1. The quantitative estimate of drug-likeness (QED) is 0.525. The lowest BCUT2D eigenvalue weighted by atomic mass is 10.00. The minimum Gasteiger partial charge on any atom is -0.465 e. The van der Waals surface area contributed by atoms with Gasteiger partial charge in [0.2, 0.25) is 0 Å². The first-order valence-electron chi connectivity index (χ1n) is 7.61. The van der Waals surface area contributed by atoms with Crippen LogP contribution in [0.2, 0.25) is 0 Å². The van der Waals surface area contributed by atoms with Crippen molar-refractivity contribution in [3.8, 4) is 18.2 Å².